The highest BCUT2D eigenvalue weighted by Gasteiger charge is 2.14. The van der Waals surface area contributed by atoms with Crippen LogP contribution in [0.3, 0.4) is 0 Å². The third-order valence-electron chi connectivity index (χ3n) is 3.46. The molecule has 4 aromatic rings. The van der Waals surface area contributed by atoms with Crippen LogP contribution in [0.25, 0.3) is 28.5 Å². The summed E-state index contributed by atoms with van der Waals surface area (Å²) in [5.74, 6) is 1.13. The third kappa shape index (κ3) is 2.24. The van der Waals surface area contributed by atoms with Crippen LogP contribution in [0.15, 0.2) is 53.3 Å². The van der Waals surface area contributed by atoms with Gasteiger partial charge in [0.1, 0.15) is 0 Å². The first-order chi connectivity index (χ1) is 11.6. The Kier molecular flexibility index (Phi) is 2.98. The molecule has 0 spiro atoms. The van der Waals surface area contributed by atoms with Crippen LogP contribution in [0, 0.1) is 10.1 Å². The van der Waals surface area contributed by atoms with Gasteiger partial charge in [-0.05, 0) is 24.3 Å². The summed E-state index contributed by atoms with van der Waals surface area (Å²) in [4.78, 5) is 18.9. The molecular weight excluding hydrogens is 312 g/mol. The lowest BCUT2D eigenvalue weighted by Crippen LogP contribution is -2.00. The molecule has 0 fully saturated rings. The highest BCUT2D eigenvalue weighted by molar-refractivity contribution is 5.69. The monoisotopic (exact) mass is 322 g/mol. The number of hydrogen-bond donors (Lipinski definition) is 1. The normalized spacial score (nSPS) is 11.0. The molecule has 3 heterocycles. The van der Waals surface area contributed by atoms with E-state index in [-0.39, 0.29) is 11.5 Å². The van der Waals surface area contributed by atoms with Gasteiger partial charge < -0.3 is 10.2 Å². The van der Waals surface area contributed by atoms with Crippen molar-refractivity contribution < 1.29 is 9.34 Å². The second-order valence-electron chi connectivity index (χ2n) is 5.00. The molecule has 0 amide bonds. The summed E-state index contributed by atoms with van der Waals surface area (Å²) in [5.41, 5.74) is 7.60. The van der Waals surface area contributed by atoms with E-state index in [4.69, 9.17) is 10.2 Å². The second-order valence-corrected chi connectivity index (χ2v) is 5.00. The number of nitro benzene ring substituents is 1. The van der Waals surface area contributed by atoms with Gasteiger partial charge in [0.25, 0.3) is 5.69 Å². The molecule has 2 N–H and O–H groups in total. The molecular formula is C15H10N6O3. The van der Waals surface area contributed by atoms with E-state index in [2.05, 4.69) is 15.1 Å². The van der Waals surface area contributed by atoms with Gasteiger partial charge in [0.15, 0.2) is 17.2 Å². The van der Waals surface area contributed by atoms with E-state index in [0.717, 1.165) is 0 Å². The highest BCUT2D eigenvalue weighted by Crippen LogP contribution is 2.24. The number of rotatable bonds is 3. The number of aromatic nitrogens is 4. The molecule has 0 aliphatic carbocycles. The van der Waals surface area contributed by atoms with E-state index in [9.17, 15) is 10.1 Å². The Morgan fingerprint density at radius 2 is 1.96 bits per heavy atom. The van der Waals surface area contributed by atoms with Crippen LogP contribution in [0.2, 0.25) is 0 Å². The zero-order valence-electron chi connectivity index (χ0n) is 12.2. The molecule has 0 atom stereocenters. The molecule has 0 saturated heterocycles. The predicted octanol–water partition coefficient (Wildman–Crippen LogP) is 2.54. The number of anilines is 1. The van der Waals surface area contributed by atoms with E-state index in [1.165, 1.54) is 22.9 Å². The number of nitro groups is 1. The minimum atomic E-state index is -0.457. The van der Waals surface area contributed by atoms with Gasteiger partial charge >= 0.3 is 0 Å². The van der Waals surface area contributed by atoms with Crippen molar-refractivity contribution in [1.82, 2.24) is 19.6 Å². The Hall–Kier alpha value is -3.75. The maximum Gasteiger partial charge on any atom is 0.269 e. The quantitative estimate of drug-likeness (QED) is 0.453. The number of nitrogen functional groups attached to an aromatic ring is 1. The Balaban J connectivity index is 1.81. The fourth-order valence-corrected chi connectivity index (χ4v) is 2.32. The number of benzene rings is 1. The molecule has 0 radical (unpaired) electrons. The van der Waals surface area contributed by atoms with Crippen molar-refractivity contribution in [3.63, 3.8) is 0 Å². The molecule has 3 aromatic heterocycles. The van der Waals surface area contributed by atoms with Crippen molar-refractivity contribution in [2.75, 3.05) is 5.73 Å². The van der Waals surface area contributed by atoms with Crippen molar-refractivity contribution in [2.45, 2.75) is 0 Å². The van der Waals surface area contributed by atoms with Gasteiger partial charge in [-0.15, -0.1) is 5.10 Å². The number of furan rings is 1. The van der Waals surface area contributed by atoms with Gasteiger partial charge in [-0.1, -0.05) is 0 Å². The largest absolute Gasteiger partial charge is 0.461 e. The van der Waals surface area contributed by atoms with E-state index in [1.54, 1.807) is 30.5 Å². The van der Waals surface area contributed by atoms with Crippen LogP contribution < -0.4 is 5.73 Å². The standard InChI is InChI=1S/C15H10N6O3/c16-13-15-18-14(12-2-1-7-24-12)19-20(15)8-11(17-13)9-3-5-10(6-4-9)21(22)23/h1-8H,(H2,16,17). The van der Waals surface area contributed by atoms with Gasteiger partial charge in [-0.2, -0.15) is 0 Å². The average Bonchev–Trinajstić information content (AvgIpc) is 3.24. The fraction of sp³-hybridized carbons (Fsp3) is 0. The number of nitrogens with two attached hydrogens (primary N) is 1. The zero-order chi connectivity index (χ0) is 16.7. The van der Waals surface area contributed by atoms with Crippen molar-refractivity contribution in [2.24, 2.45) is 0 Å². The molecule has 0 saturated carbocycles. The molecule has 0 aliphatic rings. The lowest BCUT2D eigenvalue weighted by atomic mass is 10.1. The Morgan fingerprint density at radius 3 is 2.62 bits per heavy atom. The van der Waals surface area contributed by atoms with Crippen molar-refractivity contribution in [3.8, 4) is 22.8 Å². The van der Waals surface area contributed by atoms with Crippen molar-refractivity contribution in [3.05, 3.63) is 59.0 Å². The van der Waals surface area contributed by atoms with Crippen LogP contribution >= 0.6 is 0 Å². The molecule has 1 aromatic carbocycles. The first-order valence-corrected chi connectivity index (χ1v) is 6.93. The maximum absolute atomic E-state index is 10.7. The number of fused-ring (bicyclic) bond motifs is 1. The van der Waals surface area contributed by atoms with E-state index in [1.807, 2.05) is 0 Å². The van der Waals surface area contributed by atoms with Crippen LogP contribution in [-0.2, 0) is 0 Å². The summed E-state index contributed by atoms with van der Waals surface area (Å²) < 4.78 is 6.79. The zero-order valence-corrected chi connectivity index (χ0v) is 12.2. The molecule has 9 nitrogen and oxygen atoms in total. The van der Waals surface area contributed by atoms with Crippen LogP contribution in [0.1, 0.15) is 0 Å². The van der Waals surface area contributed by atoms with Crippen molar-refractivity contribution in [1.29, 1.82) is 0 Å². The van der Waals surface area contributed by atoms with Gasteiger partial charge in [0, 0.05) is 17.7 Å². The lowest BCUT2D eigenvalue weighted by Gasteiger charge is -2.03. The predicted molar refractivity (Wildman–Crippen MR) is 85.0 cm³/mol. The van der Waals surface area contributed by atoms with Crippen molar-refractivity contribution >= 4 is 17.2 Å². The van der Waals surface area contributed by atoms with Crippen LogP contribution in [0.4, 0.5) is 11.5 Å². The molecule has 0 aliphatic heterocycles. The first-order valence-electron chi connectivity index (χ1n) is 6.93. The van der Waals surface area contributed by atoms with Gasteiger partial charge in [0.05, 0.1) is 23.1 Å². The van der Waals surface area contributed by atoms with Gasteiger partial charge in [-0.25, -0.2) is 14.5 Å². The highest BCUT2D eigenvalue weighted by atomic mass is 16.6. The van der Waals surface area contributed by atoms with Gasteiger partial charge in [-0.3, -0.25) is 10.1 Å². The summed E-state index contributed by atoms with van der Waals surface area (Å²) in [5, 5.41) is 15.1. The number of nitrogens with zero attached hydrogens (tertiary/aromatic N) is 5. The smallest absolute Gasteiger partial charge is 0.269 e. The minimum Gasteiger partial charge on any atom is -0.461 e. The molecule has 4 rings (SSSR count). The first kappa shape index (κ1) is 13.9. The number of non-ortho nitro benzene ring substituents is 1. The van der Waals surface area contributed by atoms with E-state index in [0.29, 0.717) is 28.5 Å². The summed E-state index contributed by atoms with van der Waals surface area (Å²) in [7, 11) is 0. The SMILES string of the molecule is Nc1nc(-c2ccc([N+](=O)[O-])cc2)cn2nc(-c3ccco3)nc12. The molecule has 118 valence electrons. The van der Waals surface area contributed by atoms with Crippen LogP contribution in [-0.4, -0.2) is 24.5 Å². The number of hydrogen-bond acceptors (Lipinski definition) is 7. The maximum atomic E-state index is 10.7. The molecule has 0 bridgehead atoms. The molecule has 0 unspecified atom stereocenters. The Bertz CT molecular complexity index is 1040. The topological polar surface area (TPSA) is 125 Å². The second kappa shape index (κ2) is 5.16. The van der Waals surface area contributed by atoms with E-state index >= 15 is 0 Å². The summed E-state index contributed by atoms with van der Waals surface area (Å²) in [6.45, 7) is 0. The van der Waals surface area contributed by atoms with Crippen LogP contribution in [0.5, 0.6) is 0 Å². The summed E-state index contributed by atoms with van der Waals surface area (Å²) >= 11 is 0. The summed E-state index contributed by atoms with van der Waals surface area (Å²) in [6.07, 6.45) is 3.19. The lowest BCUT2D eigenvalue weighted by molar-refractivity contribution is -0.384. The van der Waals surface area contributed by atoms with Gasteiger partial charge in [0.2, 0.25) is 5.82 Å². The van der Waals surface area contributed by atoms with E-state index < -0.39 is 4.92 Å². The Labute approximate surface area is 134 Å². The Morgan fingerprint density at radius 1 is 1.17 bits per heavy atom. The average molecular weight is 322 g/mol. The minimum absolute atomic E-state index is 0.00802. The molecule has 9 heteroatoms. The third-order valence-corrected chi connectivity index (χ3v) is 3.46. The fourth-order valence-electron chi connectivity index (χ4n) is 2.32. The molecule has 24 heavy (non-hydrogen) atoms. The summed E-state index contributed by atoms with van der Waals surface area (Å²) in [6, 6.07) is 9.52.